The van der Waals surface area contributed by atoms with Gasteiger partial charge in [0.2, 0.25) is 11.8 Å². The Balaban J connectivity index is 1.72. The summed E-state index contributed by atoms with van der Waals surface area (Å²) in [7, 11) is 0. The molecule has 152 valence electrons. The largest absolute Gasteiger partial charge is 0.453 e. The van der Waals surface area contributed by atoms with Crippen molar-refractivity contribution in [3.63, 3.8) is 0 Å². The number of anilines is 1. The summed E-state index contributed by atoms with van der Waals surface area (Å²) in [4.78, 5) is 50.6. The van der Waals surface area contributed by atoms with Crippen LogP contribution in [0, 0.1) is 5.82 Å². The van der Waals surface area contributed by atoms with Gasteiger partial charge >= 0.3 is 5.97 Å². The summed E-state index contributed by atoms with van der Waals surface area (Å²) in [5, 5.41) is 2.45. The summed E-state index contributed by atoms with van der Waals surface area (Å²) in [6.07, 6.45) is -1.26. The van der Waals surface area contributed by atoms with E-state index in [-0.39, 0.29) is 30.3 Å². The van der Waals surface area contributed by atoms with Crippen LogP contribution in [0.3, 0.4) is 0 Å². The molecule has 1 aromatic rings. The Morgan fingerprint density at radius 2 is 1.75 bits per heavy atom. The summed E-state index contributed by atoms with van der Waals surface area (Å²) in [6.45, 7) is 4.69. The van der Waals surface area contributed by atoms with E-state index >= 15 is 0 Å². The van der Waals surface area contributed by atoms with Crippen LogP contribution in [-0.2, 0) is 23.9 Å². The fourth-order valence-electron chi connectivity index (χ4n) is 2.76. The summed E-state index contributed by atoms with van der Waals surface area (Å²) in [6, 6.07) is 5.36. The van der Waals surface area contributed by atoms with Gasteiger partial charge in [0.25, 0.3) is 5.91 Å². The second-order valence-corrected chi connectivity index (χ2v) is 6.52. The van der Waals surface area contributed by atoms with E-state index in [1.807, 2.05) is 0 Å². The van der Waals surface area contributed by atoms with Crippen molar-refractivity contribution in [3.8, 4) is 0 Å². The van der Waals surface area contributed by atoms with Gasteiger partial charge in [0.15, 0.2) is 6.10 Å². The number of rotatable bonds is 6. The van der Waals surface area contributed by atoms with E-state index in [4.69, 9.17) is 4.74 Å². The van der Waals surface area contributed by atoms with Crippen LogP contribution in [0.5, 0.6) is 0 Å². The molecule has 1 aliphatic rings. The third kappa shape index (κ3) is 6.33. The summed E-state index contributed by atoms with van der Waals surface area (Å²) in [5.41, 5.74) is 0.257. The summed E-state index contributed by atoms with van der Waals surface area (Å²) in [5.74, 6) is -1.98. The summed E-state index contributed by atoms with van der Waals surface area (Å²) < 4.78 is 18.2. The van der Waals surface area contributed by atoms with Crippen LogP contribution < -0.4 is 5.32 Å². The Bertz CT molecular complexity index is 747. The van der Waals surface area contributed by atoms with Gasteiger partial charge in [0, 0.05) is 45.2 Å². The molecule has 1 atom stereocenters. The Hall–Kier alpha value is -2.97. The smallest absolute Gasteiger partial charge is 0.307 e. The molecule has 9 heteroatoms. The van der Waals surface area contributed by atoms with E-state index in [9.17, 15) is 23.6 Å². The van der Waals surface area contributed by atoms with Crippen LogP contribution in [0.1, 0.15) is 26.7 Å². The van der Waals surface area contributed by atoms with Gasteiger partial charge in [-0.3, -0.25) is 19.2 Å². The van der Waals surface area contributed by atoms with Gasteiger partial charge in [-0.05, 0) is 25.1 Å². The molecule has 28 heavy (non-hydrogen) atoms. The zero-order valence-corrected chi connectivity index (χ0v) is 15.9. The molecular formula is C19H24FN3O5. The lowest BCUT2D eigenvalue weighted by atomic mass is 10.2. The number of esters is 1. The van der Waals surface area contributed by atoms with Crippen molar-refractivity contribution in [3.05, 3.63) is 30.1 Å². The Labute approximate surface area is 162 Å². The van der Waals surface area contributed by atoms with Gasteiger partial charge in [-0.15, -0.1) is 0 Å². The highest BCUT2D eigenvalue weighted by Gasteiger charge is 2.24. The maximum atomic E-state index is 13.1. The number of piperazine rings is 1. The average Bonchev–Trinajstić information content (AvgIpc) is 2.66. The molecule has 1 aromatic carbocycles. The molecule has 0 unspecified atom stereocenters. The van der Waals surface area contributed by atoms with Crippen molar-refractivity contribution in [2.24, 2.45) is 0 Å². The molecule has 0 spiro atoms. The summed E-state index contributed by atoms with van der Waals surface area (Å²) >= 11 is 0. The first-order valence-electron chi connectivity index (χ1n) is 9.05. The lowest BCUT2D eigenvalue weighted by Gasteiger charge is -2.34. The minimum Gasteiger partial charge on any atom is -0.453 e. The quantitative estimate of drug-likeness (QED) is 0.732. The highest BCUT2D eigenvalue weighted by molar-refractivity contribution is 5.95. The highest BCUT2D eigenvalue weighted by Crippen LogP contribution is 2.11. The standard InChI is InChI=1S/C19H24FN3O5/c1-13(19(27)21-16-5-3-4-15(20)12-16)28-18(26)7-6-17(25)23-10-8-22(9-11-23)14(2)24/h3-5,12-13H,6-11H2,1-2H3,(H,21,27)/t13-/m0/s1. The van der Waals surface area contributed by atoms with E-state index in [1.165, 1.54) is 32.0 Å². The molecule has 1 fully saturated rings. The maximum absolute atomic E-state index is 13.1. The van der Waals surface area contributed by atoms with E-state index in [1.54, 1.807) is 9.80 Å². The fourth-order valence-corrected chi connectivity index (χ4v) is 2.76. The number of carbonyl (C=O) groups is 4. The number of amides is 3. The van der Waals surface area contributed by atoms with Crippen molar-refractivity contribution < 1.29 is 28.3 Å². The van der Waals surface area contributed by atoms with Crippen LogP contribution in [-0.4, -0.2) is 65.8 Å². The van der Waals surface area contributed by atoms with E-state index < -0.39 is 23.8 Å². The zero-order chi connectivity index (χ0) is 20.7. The minimum atomic E-state index is -1.08. The van der Waals surface area contributed by atoms with Gasteiger partial charge in [0.1, 0.15) is 5.82 Å². The van der Waals surface area contributed by atoms with Crippen LogP contribution in [0.4, 0.5) is 10.1 Å². The number of carbonyl (C=O) groups excluding carboxylic acids is 4. The Morgan fingerprint density at radius 1 is 1.11 bits per heavy atom. The second-order valence-electron chi connectivity index (χ2n) is 6.52. The Morgan fingerprint density at radius 3 is 2.36 bits per heavy atom. The van der Waals surface area contributed by atoms with Crippen molar-refractivity contribution in [2.75, 3.05) is 31.5 Å². The lowest BCUT2D eigenvalue weighted by Crippen LogP contribution is -2.50. The van der Waals surface area contributed by atoms with Gasteiger partial charge in [0.05, 0.1) is 6.42 Å². The molecule has 0 radical (unpaired) electrons. The van der Waals surface area contributed by atoms with Crippen molar-refractivity contribution in [2.45, 2.75) is 32.8 Å². The van der Waals surface area contributed by atoms with E-state index in [0.717, 1.165) is 6.07 Å². The first kappa shape index (κ1) is 21.3. The molecule has 1 saturated heterocycles. The third-order valence-electron chi connectivity index (χ3n) is 4.39. The Kier molecular flexibility index (Phi) is 7.48. The van der Waals surface area contributed by atoms with E-state index in [2.05, 4.69) is 5.32 Å². The van der Waals surface area contributed by atoms with Crippen LogP contribution in [0.15, 0.2) is 24.3 Å². The van der Waals surface area contributed by atoms with Crippen molar-refractivity contribution in [1.29, 1.82) is 0 Å². The van der Waals surface area contributed by atoms with E-state index in [0.29, 0.717) is 26.2 Å². The van der Waals surface area contributed by atoms with Gasteiger partial charge in [-0.2, -0.15) is 0 Å². The van der Waals surface area contributed by atoms with Gasteiger partial charge in [-0.25, -0.2) is 4.39 Å². The molecule has 8 nitrogen and oxygen atoms in total. The molecule has 2 rings (SSSR count). The highest BCUT2D eigenvalue weighted by atomic mass is 19.1. The first-order chi connectivity index (χ1) is 13.3. The fraction of sp³-hybridized carbons (Fsp3) is 0.474. The molecule has 1 N–H and O–H groups in total. The number of benzene rings is 1. The normalized spacial score (nSPS) is 15.0. The third-order valence-corrected chi connectivity index (χ3v) is 4.39. The maximum Gasteiger partial charge on any atom is 0.307 e. The number of halogens is 1. The van der Waals surface area contributed by atoms with Crippen molar-refractivity contribution in [1.82, 2.24) is 9.80 Å². The number of hydrogen-bond donors (Lipinski definition) is 1. The molecule has 1 aliphatic heterocycles. The van der Waals surface area contributed by atoms with Crippen LogP contribution >= 0.6 is 0 Å². The lowest BCUT2D eigenvalue weighted by molar-refractivity contribution is -0.154. The monoisotopic (exact) mass is 393 g/mol. The molecular weight excluding hydrogens is 369 g/mol. The van der Waals surface area contributed by atoms with Gasteiger partial charge in [-0.1, -0.05) is 6.07 Å². The van der Waals surface area contributed by atoms with Crippen molar-refractivity contribution >= 4 is 29.4 Å². The molecule has 1 heterocycles. The zero-order valence-electron chi connectivity index (χ0n) is 15.9. The van der Waals surface area contributed by atoms with Crippen LogP contribution in [0.25, 0.3) is 0 Å². The molecule has 3 amide bonds. The molecule has 0 saturated carbocycles. The molecule has 0 bridgehead atoms. The minimum absolute atomic E-state index is 0.0267. The predicted octanol–water partition coefficient (Wildman–Crippen LogP) is 1.17. The molecule has 0 aliphatic carbocycles. The number of hydrogen-bond acceptors (Lipinski definition) is 5. The second kappa shape index (κ2) is 9.82. The topological polar surface area (TPSA) is 96.0 Å². The van der Waals surface area contributed by atoms with Gasteiger partial charge < -0.3 is 19.9 Å². The SMILES string of the molecule is CC(=O)N1CCN(C(=O)CCC(=O)O[C@@H](C)C(=O)Nc2cccc(F)c2)CC1. The first-order valence-corrected chi connectivity index (χ1v) is 9.05. The predicted molar refractivity (Wildman–Crippen MR) is 98.7 cm³/mol. The van der Waals surface area contributed by atoms with Crippen LogP contribution in [0.2, 0.25) is 0 Å². The number of nitrogens with zero attached hydrogens (tertiary/aromatic N) is 2. The number of ether oxygens (including phenoxy) is 1. The average molecular weight is 393 g/mol. The number of nitrogens with one attached hydrogen (secondary N) is 1. The molecule has 0 aromatic heterocycles.